The average molecular weight is 514 g/mol. The molecular weight excluding hydrogens is 475 g/mol. The molecule has 0 radical (unpaired) electrons. The van der Waals surface area contributed by atoms with Crippen molar-refractivity contribution in [3.05, 3.63) is 35.4 Å². The molecule has 3 rings (SSSR count). The molecule has 1 aromatic carbocycles. The Morgan fingerprint density at radius 2 is 1.90 bits per heavy atom. The van der Waals surface area contributed by atoms with Crippen LogP contribution in [0.1, 0.15) is 56.3 Å². The van der Waals surface area contributed by atoms with Crippen molar-refractivity contribution >= 4 is 29.9 Å². The van der Waals surface area contributed by atoms with Crippen LogP contribution in [0.5, 0.6) is 0 Å². The van der Waals surface area contributed by atoms with E-state index in [0.29, 0.717) is 12.0 Å². The maximum absolute atomic E-state index is 6.16. The summed E-state index contributed by atoms with van der Waals surface area (Å²) in [6.07, 6.45) is 6.14. The van der Waals surface area contributed by atoms with Gasteiger partial charge in [0.1, 0.15) is 0 Å². The molecular formula is C23H39IN4O. The maximum atomic E-state index is 6.16. The first-order chi connectivity index (χ1) is 13.7. The molecule has 5 nitrogen and oxygen atoms in total. The summed E-state index contributed by atoms with van der Waals surface area (Å²) < 4.78 is 6.16. The second kappa shape index (κ2) is 12.7. The van der Waals surface area contributed by atoms with E-state index in [2.05, 4.69) is 58.6 Å². The van der Waals surface area contributed by atoms with Crippen molar-refractivity contribution in [2.45, 2.75) is 58.1 Å². The number of halogens is 1. The standard InChI is InChI=1S/C23H38N4O.HI/c1-4-13-27-14-11-21(12-15-27)26-23(24-3)25-17-20-6-5-16-28-22(20)19-9-7-18(2)8-10-19;/h7-10,20-22H,4-6,11-17H2,1-3H3,(H2,24,25,26);1H. The van der Waals surface area contributed by atoms with Crippen LogP contribution in [0.2, 0.25) is 0 Å². The molecule has 2 saturated heterocycles. The number of benzene rings is 1. The van der Waals surface area contributed by atoms with Gasteiger partial charge in [-0.2, -0.15) is 0 Å². The molecule has 0 aromatic heterocycles. The molecule has 2 heterocycles. The number of hydrogen-bond donors (Lipinski definition) is 2. The Kier molecular flexibility index (Phi) is 10.7. The highest BCUT2D eigenvalue weighted by atomic mass is 127. The summed E-state index contributed by atoms with van der Waals surface area (Å²) in [7, 11) is 1.87. The van der Waals surface area contributed by atoms with Gasteiger partial charge in [0.05, 0.1) is 6.10 Å². The molecule has 0 bridgehead atoms. The lowest BCUT2D eigenvalue weighted by Crippen LogP contribution is -2.50. The largest absolute Gasteiger partial charge is 0.373 e. The Bertz CT molecular complexity index is 614. The fourth-order valence-corrected chi connectivity index (χ4v) is 4.41. The molecule has 0 amide bonds. The minimum absolute atomic E-state index is 0. The molecule has 1 aromatic rings. The first-order valence-electron chi connectivity index (χ1n) is 11.1. The molecule has 2 unspecified atom stereocenters. The van der Waals surface area contributed by atoms with E-state index in [-0.39, 0.29) is 30.1 Å². The predicted octanol–water partition coefficient (Wildman–Crippen LogP) is 4.12. The Morgan fingerprint density at radius 1 is 1.17 bits per heavy atom. The van der Waals surface area contributed by atoms with Crippen molar-refractivity contribution < 1.29 is 4.74 Å². The van der Waals surface area contributed by atoms with Gasteiger partial charge >= 0.3 is 0 Å². The van der Waals surface area contributed by atoms with Crippen molar-refractivity contribution in [1.29, 1.82) is 0 Å². The van der Waals surface area contributed by atoms with Crippen LogP contribution in [0.15, 0.2) is 29.3 Å². The molecule has 164 valence electrons. The molecule has 29 heavy (non-hydrogen) atoms. The Balaban J connectivity index is 0.00000300. The average Bonchev–Trinajstić information content (AvgIpc) is 2.73. The van der Waals surface area contributed by atoms with E-state index in [9.17, 15) is 0 Å². The second-order valence-corrected chi connectivity index (χ2v) is 8.32. The number of nitrogens with one attached hydrogen (secondary N) is 2. The molecule has 6 heteroatoms. The number of guanidine groups is 1. The van der Waals surface area contributed by atoms with Crippen LogP contribution in [-0.4, -0.2) is 56.7 Å². The fraction of sp³-hybridized carbons (Fsp3) is 0.696. The lowest BCUT2D eigenvalue weighted by molar-refractivity contribution is -0.0265. The summed E-state index contributed by atoms with van der Waals surface area (Å²) in [5.74, 6) is 1.41. The van der Waals surface area contributed by atoms with Gasteiger partial charge in [-0.1, -0.05) is 36.8 Å². The van der Waals surface area contributed by atoms with Gasteiger partial charge in [0.2, 0.25) is 0 Å². The smallest absolute Gasteiger partial charge is 0.191 e. The molecule has 2 N–H and O–H groups in total. The van der Waals surface area contributed by atoms with Crippen LogP contribution >= 0.6 is 24.0 Å². The molecule has 2 fully saturated rings. The zero-order chi connectivity index (χ0) is 19.8. The normalized spacial score (nSPS) is 24.0. The summed E-state index contributed by atoms with van der Waals surface area (Å²) in [6.45, 7) is 9.75. The molecule has 2 aliphatic rings. The van der Waals surface area contributed by atoms with Gasteiger partial charge in [-0.25, -0.2) is 0 Å². The van der Waals surface area contributed by atoms with E-state index < -0.39 is 0 Å². The van der Waals surface area contributed by atoms with E-state index in [1.807, 2.05) is 7.05 Å². The maximum Gasteiger partial charge on any atom is 0.191 e. The van der Waals surface area contributed by atoms with Gasteiger partial charge in [-0.05, 0) is 51.1 Å². The summed E-state index contributed by atoms with van der Waals surface area (Å²) >= 11 is 0. The Hall–Kier alpha value is -0.860. The summed E-state index contributed by atoms with van der Waals surface area (Å²) in [5.41, 5.74) is 2.59. The van der Waals surface area contributed by atoms with Crippen LogP contribution in [0.25, 0.3) is 0 Å². The first kappa shape index (κ1) is 24.4. The van der Waals surface area contributed by atoms with Crippen molar-refractivity contribution in [3.8, 4) is 0 Å². The highest BCUT2D eigenvalue weighted by Crippen LogP contribution is 2.33. The number of ether oxygens (including phenoxy) is 1. The van der Waals surface area contributed by atoms with Crippen molar-refractivity contribution in [3.63, 3.8) is 0 Å². The first-order valence-corrected chi connectivity index (χ1v) is 11.1. The van der Waals surface area contributed by atoms with Gasteiger partial charge in [0, 0.05) is 45.2 Å². The zero-order valence-corrected chi connectivity index (χ0v) is 20.7. The van der Waals surface area contributed by atoms with E-state index in [4.69, 9.17) is 4.74 Å². The van der Waals surface area contributed by atoms with E-state index >= 15 is 0 Å². The number of piperidine rings is 1. The van der Waals surface area contributed by atoms with Crippen LogP contribution in [0.3, 0.4) is 0 Å². The number of rotatable bonds is 6. The highest BCUT2D eigenvalue weighted by molar-refractivity contribution is 14.0. The lowest BCUT2D eigenvalue weighted by atomic mass is 9.89. The van der Waals surface area contributed by atoms with Crippen LogP contribution in [0.4, 0.5) is 0 Å². The number of aryl methyl sites for hydroxylation is 1. The third kappa shape index (κ3) is 7.40. The van der Waals surface area contributed by atoms with Crippen LogP contribution in [0, 0.1) is 12.8 Å². The van der Waals surface area contributed by atoms with Crippen LogP contribution < -0.4 is 10.6 Å². The van der Waals surface area contributed by atoms with Gasteiger partial charge in [0.15, 0.2) is 5.96 Å². The van der Waals surface area contributed by atoms with Crippen molar-refractivity contribution in [2.75, 3.05) is 39.8 Å². The van der Waals surface area contributed by atoms with Crippen molar-refractivity contribution in [2.24, 2.45) is 10.9 Å². The minimum atomic E-state index is 0. The van der Waals surface area contributed by atoms with Crippen molar-refractivity contribution in [1.82, 2.24) is 15.5 Å². The van der Waals surface area contributed by atoms with Gasteiger partial charge in [-0.15, -0.1) is 24.0 Å². The zero-order valence-electron chi connectivity index (χ0n) is 18.3. The van der Waals surface area contributed by atoms with E-state index in [0.717, 1.165) is 25.5 Å². The third-order valence-corrected chi connectivity index (χ3v) is 6.07. The molecule has 0 spiro atoms. The molecule has 2 atom stereocenters. The summed E-state index contributed by atoms with van der Waals surface area (Å²) in [6, 6.07) is 9.33. The predicted molar refractivity (Wildman–Crippen MR) is 132 cm³/mol. The number of likely N-dealkylation sites (tertiary alicyclic amines) is 1. The number of aliphatic imine (C=N–C) groups is 1. The van der Waals surface area contributed by atoms with Gasteiger partial charge in [0.25, 0.3) is 0 Å². The Labute approximate surface area is 194 Å². The van der Waals surface area contributed by atoms with Crippen LogP contribution in [-0.2, 0) is 4.74 Å². The summed E-state index contributed by atoms with van der Waals surface area (Å²) in [5, 5.41) is 7.22. The number of hydrogen-bond acceptors (Lipinski definition) is 3. The quantitative estimate of drug-likeness (QED) is 0.341. The monoisotopic (exact) mass is 514 g/mol. The second-order valence-electron chi connectivity index (χ2n) is 8.32. The minimum Gasteiger partial charge on any atom is -0.373 e. The fourth-order valence-electron chi connectivity index (χ4n) is 4.41. The SMILES string of the molecule is CCCN1CCC(NC(=NC)NCC2CCCOC2c2ccc(C)cc2)CC1.I. The van der Waals surface area contributed by atoms with Gasteiger partial charge in [-0.3, -0.25) is 4.99 Å². The highest BCUT2D eigenvalue weighted by Gasteiger charge is 2.28. The lowest BCUT2D eigenvalue weighted by Gasteiger charge is -2.34. The molecule has 2 aliphatic heterocycles. The summed E-state index contributed by atoms with van der Waals surface area (Å²) in [4.78, 5) is 7.04. The van der Waals surface area contributed by atoms with E-state index in [1.54, 1.807) is 0 Å². The van der Waals surface area contributed by atoms with Gasteiger partial charge < -0.3 is 20.3 Å². The third-order valence-electron chi connectivity index (χ3n) is 6.07. The molecule has 0 saturated carbocycles. The van der Waals surface area contributed by atoms with E-state index in [1.165, 1.54) is 56.4 Å². The Morgan fingerprint density at radius 3 is 2.55 bits per heavy atom. The topological polar surface area (TPSA) is 48.9 Å². The molecule has 0 aliphatic carbocycles. The number of nitrogens with zero attached hydrogens (tertiary/aromatic N) is 2.